The largest absolute Gasteiger partial charge is 0.573 e. The van der Waals surface area contributed by atoms with Gasteiger partial charge >= 0.3 is 6.36 Å². The average Bonchev–Trinajstić information content (AvgIpc) is 2.91. The van der Waals surface area contributed by atoms with Crippen molar-refractivity contribution >= 4 is 11.8 Å². The van der Waals surface area contributed by atoms with E-state index >= 15 is 0 Å². The smallest absolute Gasteiger partial charge is 0.406 e. The van der Waals surface area contributed by atoms with Gasteiger partial charge < -0.3 is 4.74 Å². The number of nitrogens with one attached hydrogen (secondary N) is 1. The van der Waals surface area contributed by atoms with Crippen molar-refractivity contribution in [1.29, 1.82) is 0 Å². The van der Waals surface area contributed by atoms with Crippen LogP contribution in [-0.4, -0.2) is 17.4 Å². The molecule has 0 aliphatic heterocycles. The molecule has 0 spiro atoms. The van der Waals surface area contributed by atoms with E-state index in [1.807, 2.05) is 11.8 Å². The second-order valence-corrected chi connectivity index (χ2v) is 6.41. The van der Waals surface area contributed by atoms with E-state index in [1.54, 1.807) is 12.1 Å². The van der Waals surface area contributed by atoms with E-state index in [2.05, 4.69) is 10.2 Å². The van der Waals surface area contributed by atoms with Crippen LogP contribution in [0.15, 0.2) is 24.3 Å². The van der Waals surface area contributed by atoms with Crippen LogP contribution in [0.5, 0.6) is 5.75 Å². The van der Waals surface area contributed by atoms with E-state index in [4.69, 9.17) is 5.84 Å². The second-order valence-electron chi connectivity index (χ2n) is 5.08. The zero-order valence-electron chi connectivity index (χ0n) is 11.5. The molecular weight excluding hydrogens is 301 g/mol. The van der Waals surface area contributed by atoms with Crippen molar-refractivity contribution in [3.8, 4) is 5.75 Å². The average molecular weight is 320 g/mol. The van der Waals surface area contributed by atoms with Crippen LogP contribution in [-0.2, 0) is 0 Å². The highest BCUT2D eigenvalue weighted by Gasteiger charge is 2.31. The number of nitrogens with two attached hydrogens (primary N) is 1. The SMILES string of the molecule is NNC(CSC1CCCC1)c1cccc(OC(F)(F)F)c1. The first-order valence-corrected chi connectivity index (χ1v) is 7.96. The summed E-state index contributed by atoms with van der Waals surface area (Å²) in [6, 6.07) is 5.78. The van der Waals surface area contributed by atoms with Crippen molar-refractivity contribution in [2.45, 2.75) is 43.3 Å². The fraction of sp³-hybridized carbons (Fsp3) is 0.571. The number of alkyl halides is 3. The molecule has 3 N–H and O–H groups in total. The lowest BCUT2D eigenvalue weighted by Crippen LogP contribution is -2.30. The molecule has 1 aliphatic carbocycles. The second kappa shape index (κ2) is 7.38. The number of hydrogen-bond acceptors (Lipinski definition) is 4. The molecule has 0 amide bonds. The van der Waals surface area contributed by atoms with E-state index in [-0.39, 0.29) is 11.8 Å². The number of hydrogen-bond donors (Lipinski definition) is 2. The Morgan fingerprint density at radius 1 is 1.33 bits per heavy atom. The maximum atomic E-state index is 12.2. The Morgan fingerprint density at radius 3 is 2.67 bits per heavy atom. The fourth-order valence-electron chi connectivity index (χ4n) is 2.46. The third-order valence-electron chi connectivity index (χ3n) is 3.50. The fourth-order valence-corrected chi connectivity index (χ4v) is 3.88. The van der Waals surface area contributed by atoms with Crippen molar-refractivity contribution < 1.29 is 17.9 Å². The minimum atomic E-state index is -4.68. The Kier molecular flexibility index (Phi) is 5.78. The maximum absolute atomic E-state index is 12.2. The van der Waals surface area contributed by atoms with Crippen LogP contribution >= 0.6 is 11.8 Å². The zero-order chi connectivity index (χ0) is 15.3. The molecule has 1 saturated carbocycles. The summed E-state index contributed by atoms with van der Waals surface area (Å²) in [5, 5.41) is 0.635. The van der Waals surface area contributed by atoms with Gasteiger partial charge in [0.15, 0.2) is 0 Å². The molecule has 3 nitrogen and oxygen atoms in total. The summed E-state index contributed by atoms with van der Waals surface area (Å²) in [7, 11) is 0. The number of benzene rings is 1. The molecule has 0 bridgehead atoms. The highest BCUT2D eigenvalue weighted by atomic mass is 32.2. The number of thioether (sulfide) groups is 1. The van der Waals surface area contributed by atoms with Gasteiger partial charge in [-0.25, -0.2) is 0 Å². The van der Waals surface area contributed by atoms with Gasteiger partial charge in [0.25, 0.3) is 0 Å². The van der Waals surface area contributed by atoms with Crippen LogP contribution < -0.4 is 16.0 Å². The number of ether oxygens (including phenoxy) is 1. The van der Waals surface area contributed by atoms with Crippen molar-refractivity contribution in [2.75, 3.05) is 5.75 Å². The van der Waals surface area contributed by atoms with Crippen LogP contribution in [0, 0.1) is 0 Å². The van der Waals surface area contributed by atoms with E-state index in [0.29, 0.717) is 10.8 Å². The monoisotopic (exact) mass is 320 g/mol. The molecule has 1 unspecified atom stereocenters. The molecule has 1 aromatic rings. The Morgan fingerprint density at radius 2 is 2.05 bits per heavy atom. The van der Waals surface area contributed by atoms with E-state index in [9.17, 15) is 13.2 Å². The summed E-state index contributed by atoms with van der Waals surface area (Å²) in [5.74, 6) is 6.06. The van der Waals surface area contributed by atoms with Gasteiger partial charge in [-0.3, -0.25) is 11.3 Å². The van der Waals surface area contributed by atoms with Gasteiger partial charge in [0.05, 0.1) is 6.04 Å². The molecule has 0 radical (unpaired) electrons. The van der Waals surface area contributed by atoms with Gasteiger partial charge in [-0.05, 0) is 30.5 Å². The lowest BCUT2D eigenvalue weighted by molar-refractivity contribution is -0.274. The number of hydrazine groups is 1. The van der Waals surface area contributed by atoms with Crippen molar-refractivity contribution in [1.82, 2.24) is 5.43 Å². The van der Waals surface area contributed by atoms with Crippen LogP contribution in [0.1, 0.15) is 37.3 Å². The molecule has 0 heterocycles. The Labute approximate surface area is 126 Å². The van der Waals surface area contributed by atoms with Crippen molar-refractivity contribution in [3.05, 3.63) is 29.8 Å². The highest BCUT2D eigenvalue weighted by molar-refractivity contribution is 7.99. The van der Waals surface area contributed by atoms with Crippen LogP contribution in [0.2, 0.25) is 0 Å². The van der Waals surface area contributed by atoms with Crippen molar-refractivity contribution in [2.24, 2.45) is 5.84 Å². The van der Waals surface area contributed by atoms with E-state index in [1.165, 1.54) is 37.8 Å². The van der Waals surface area contributed by atoms with Gasteiger partial charge in [0, 0.05) is 11.0 Å². The molecule has 0 aromatic heterocycles. The molecule has 1 aromatic carbocycles. The topological polar surface area (TPSA) is 47.3 Å². The maximum Gasteiger partial charge on any atom is 0.573 e. The van der Waals surface area contributed by atoms with Gasteiger partial charge in [0.1, 0.15) is 5.75 Å². The molecule has 1 fully saturated rings. The minimum Gasteiger partial charge on any atom is -0.406 e. The summed E-state index contributed by atoms with van der Waals surface area (Å²) >= 11 is 1.83. The summed E-state index contributed by atoms with van der Waals surface area (Å²) in [4.78, 5) is 0. The lowest BCUT2D eigenvalue weighted by atomic mass is 10.1. The van der Waals surface area contributed by atoms with Crippen molar-refractivity contribution in [3.63, 3.8) is 0 Å². The molecule has 1 aliphatic rings. The van der Waals surface area contributed by atoms with Gasteiger partial charge in [-0.1, -0.05) is 25.0 Å². The zero-order valence-corrected chi connectivity index (χ0v) is 12.3. The third-order valence-corrected chi connectivity index (χ3v) is 4.96. The van der Waals surface area contributed by atoms with Gasteiger partial charge in [0.2, 0.25) is 0 Å². The third kappa shape index (κ3) is 5.41. The molecule has 1 atom stereocenters. The predicted molar refractivity (Wildman–Crippen MR) is 77.9 cm³/mol. The normalized spacial score (nSPS) is 17.9. The molecule has 7 heteroatoms. The first-order chi connectivity index (χ1) is 9.98. The van der Waals surface area contributed by atoms with Gasteiger partial charge in [-0.15, -0.1) is 13.2 Å². The van der Waals surface area contributed by atoms with Crippen LogP contribution in [0.4, 0.5) is 13.2 Å². The molecule has 118 valence electrons. The highest BCUT2D eigenvalue weighted by Crippen LogP contribution is 2.33. The quantitative estimate of drug-likeness (QED) is 0.619. The van der Waals surface area contributed by atoms with E-state index in [0.717, 1.165) is 5.75 Å². The molecule has 2 rings (SSSR count). The number of halogens is 3. The first kappa shape index (κ1) is 16.5. The van der Waals surface area contributed by atoms with Gasteiger partial charge in [-0.2, -0.15) is 11.8 Å². The Hall–Kier alpha value is -0.920. The Balaban J connectivity index is 1.98. The Bertz CT molecular complexity index is 450. The van der Waals surface area contributed by atoms with Crippen LogP contribution in [0.3, 0.4) is 0 Å². The van der Waals surface area contributed by atoms with Crippen LogP contribution in [0.25, 0.3) is 0 Å². The summed E-state index contributed by atoms with van der Waals surface area (Å²) < 4.78 is 40.7. The summed E-state index contributed by atoms with van der Waals surface area (Å²) in [6.07, 6.45) is 0.252. The number of rotatable bonds is 6. The summed E-state index contributed by atoms with van der Waals surface area (Å²) in [6.45, 7) is 0. The van der Waals surface area contributed by atoms with E-state index < -0.39 is 6.36 Å². The standard InChI is InChI=1S/C14H19F3N2OS/c15-14(16,17)20-11-5-3-4-10(8-11)13(19-18)9-21-12-6-1-2-7-12/h3-5,8,12-13,19H,1-2,6-7,9,18H2. The lowest BCUT2D eigenvalue weighted by Gasteiger charge is -2.19. The first-order valence-electron chi connectivity index (χ1n) is 6.91. The summed E-state index contributed by atoms with van der Waals surface area (Å²) in [5.41, 5.74) is 3.37. The molecular formula is C14H19F3N2OS. The minimum absolute atomic E-state index is 0.188. The molecule has 21 heavy (non-hydrogen) atoms. The predicted octanol–water partition coefficient (Wildman–Crippen LogP) is 3.77. The molecule has 0 saturated heterocycles.